The Kier molecular flexibility index (Phi) is 39.4. The molecule has 41 heteroatoms. The van der Waals surface area contributed by atoms with Gasteiger partial charge in [-0.3, -0.25) is 62.9 Å². The number of phenols is 2. The Balaban J connectivity index is 1.94. The van der Waals surface area contributed by atoms with E-state index in [1.54, 1.807) is 0 Å². The van der Waals surface area contributed by atoms with Crippen molar-refractivity contribution in [1.29, 1.82) is 0 Å². The van der Waals surface area contributed by atoms with Gasteiger partial charge in [0, 0.05) is 57.1 Å². The minimum absolute atomic E-state index is 0.00624. The molecule has 2 saturated heterocycles. The summed E-state index contributed by atoms with van der Waals surface area (Å²) in [6.45, 7) is 0.175. The molecule has 2 aromatic rings. The lowest BCUT2D eigenvalue weighted by molar-refractivity contribution is -0.142. The summed E-state index contributed by atoms with van der Waals surface area (Å²) in [7, 11) is 1.81. The van der Waals surface area contributed by atoms with Crippen LogP contribution in [-0.2, 0) is 65.6 Å². The van der Waals surface area contributed by atoms with Gasteiger partial charge in [0.05, 0.1) is 6.04 Å². The second-order valence-corrected chi connectivity index (χ2v) is 27.9. The maximum Gasteiger partial charge on any atom is 0.326 e. The molecule has 0 saturated carbocycles. The van der Waals surface area contributed by atoms with Crippen molar-refractivity contribution in [3.05, 3.63) is 59.7 Å². The number of guanidine groups is 3. The van der Waals surface area contributed by atoms with Crippen molar-refractivity contribution in [2.75, 3.05) is 57.3 Å². The molecule has 0 bridgehead atoms. The summed E-state index contributed by atoms with van der Waals surface area (Å²) in [4.78, 5) is 185. The molecule has 2 aliphatic rings. The van der Waals surface area contributed by atoms with Crippen molar-refractivity contribution in [3.63, 3.8) is 0 Å². The zero-order valence-electron chi connectivity index (χ0n) is 59.2. The monoisotopic (exact) mass is 1530 g/mol. The first-order chi connectivity index (χ1) is 50.5. The number of primary amides is 1. The van der Waals surface area contributed by atoms with Crippen LogP contribution in [0, 0.1) is 0 Å². The normalized spacial score (nSPS) is 22.6. The number of amides is 12. The standard InChI is InChI=1S/C65H106N24O15S2/c66-25-3-1-10-41-54(95)84-45(11-2-4-26-67)60(101)89-31-9-16-50(89)59(100)87-48(33-37-19-23-39(91)24-20-37)57(98)83-43(13-6-28-77-63(71)72)53(94)81-44(14-7-30-79-65(75)104)55(96)88-49(58(99)85-46(61(102)103)15-8-29-78-64(73)74)35-106-105-34-40(68)51(92)86-47(32-36-17-21-38(90)22-18-36)56(97)82-42(52(93)80-41)12-5-27-76-62(69)70/h17-24,40-50,90-91H,1-16,25-35,66-68H2,(H,80,93)(H,81,94)(H,82,97)(H,83,98)(H,84,95)(H,85,99)(H,86,92)(H,87,100)(H,88,96)(H,102,103)(H4,69,70,76)(H4,71,72,77)(H4,73,74,78)(H3,75,79,104)/t40-,41-,42-,43-,44-,45+,46-,47-,48-,49-,50-/m0/s1. The van der Waals surface area contributed by atoms with Crippen molar-refractivity contribution in [2.24, 2.45) is 72.3 Å². The van der Waals surface area contributed by atoms with Crippen LogP contribution in [-0.4, -0.2) is 233 Å². The molecule has 4 rings (SSSR count). The highest BCUT2D eigenvalue weighted by Crippen LogP contribution is 2.25. The highest BCUT2D eigenvalue weighted by Gasteiger charge is 2.41. The molecule has 0 spiro atoms. The fourth-order valence-corrected chi connectivity index (χ4v) is 13.5. The molecule has 588 valence electrons. The number of carbonyl (C=O) groups is 12. The number of hydrogen-bond donors (Lipinski definition) is 23. The van der Waals surface area contributed by atoms with E-state index in [2.05, 4.69) is 68.1 Å². The first kappa shape index (κ1) is 88.3. The highest BCUT2D eigenvalue weighted by atomic mass is 33.1. The molecule has 0 unspecified atom stereocenters. The van der Waals surface area contributed by atoms with E-state index < -0.39 is 138 Å². The fourth-order valence-electron chi connectivity index (χ4n) is 11.2. The number of urea groups is 1. The third kappa shape index (κ3) is 32.9. The first-order valence-electron chi connectivity index (χ1n) is 34.9. The molecular formula is C65H106N24O15S2. The van der Waals surface area contributed by atoms with E-state index in [9.17, 15) is 68.1 Å². The minimum atomic E-state index is -1.64. The van der Waals surface area contributed by atoms with Gasteiger partial charge in [-0.05, 0) is 151 Å². The molecule has 2 aliphatic heterocycles. The number of fused-ring (bicyclic) bond motifs is 1. The number of nitrogens with two attached hydrogens (primary N) is 10. The highest BCUT2D eigenvalue weighted by molar-refractivity contribution is 8.76. The predicted octanol–water partition coefficient (Wildman–Crippen LogP) is -6.09. The smallest absolute Gasteiger partial charge is 0.326 e. The molecule has 11 atom stereocenters. The topological polar surface area (TPSA) is 686 Å². The molecule has 2 heterocycles. The molecule has 39 nitrogen and oxygen atoms in total. The van der Waals surface area contributed by atoms with Crippen LogP contribution >= 0.6 is 21.6 Å². The number of nitrogens with one attached hydrogen (secondary N) is 10. The number of aromatic hydroxyl groups is 2. The third-order valence-corrected chi connectivity index (χ3v) is 19.3. The van der Waals surface area contributed by atoms with Gasteiger partial charge in [-0.2, -0.15) is 0 Å². The van der Waals surface area contributed by atoms with Gasteiger partial charge >= 0.3 is 12.0 Å². The molecule has 33 N–H and O–H groups in total. The summed E-state index contributed by atoms with van der Waals surface area (Å²) >= 11 is 0. The van der Waals surface area contributed by atoms with Gasteiger partial charge in [0.2, 0.25) is 59.1 Å². The molecule has 2 aromatic carbocycles. The average Bonchev–Trinajstić information content (AvgIpc) is 1.61. The van der Waals surface area contributed by atoms with E-state index >= 15 is 4.79 Å². The lowest BCUT2D eigenvalue weighted by Crippen LogP contribution is -2.61. The Morgan fingerprint density at radius 1 is 0.500 bits per heavy atom. The second kappa shape index (κ2) is 47.4. The van der Waals surface area contributed by atoms with Crippen LogP contribution in [0.15, 0.2) is 63.5 Å². The largest absolute Gasteiger partial charge is 0.508 e. The van der Waals surface area contributed by atoms with Gasteiger partial charge in [0.1, 0.15) is 71.9 Å². The van der Waals surface area contributed by atoms with Crippen molar-refractivity contribution >= 4 is 111 Å². The number of aliphatic imine (C=N–C) groups is 3. The maximum atomic E-state index is 15.1. The molecule has 0 aliphatic carbocycles. The number of carboxylic acid groups (broad SMARTS) is 1. The SMILES string of the molecule is NCCCC[C@@H]1NC(=O)[C@H](CCCN=C(N)N)NC(=O)[C@H](Cc2ccc(O)cc2)NC(=O)[C@@H](N)CSSC[C@@H](C(=O)N[C@@H](CCCN=C(N)N)C(=O)O)NC(=O)[C@H](CCCNC(N)=O)NC(=O)[C@H](CCCN=C(N)N)NC(=O)[C@H](Cc2ccc(O)cc2)NC(=O)[C@@H]2CCCN2C(=O)[C@@H](CCCCN)NC1=O. The zero-order chi connectivity index (χ0) is 78.3. The van der Waals surface area contributed by atoms with Crippen LogP contribution in [0.4, 0.5) is 4.79 Å². The molecule has 12 amide bonds. The Bertz CT molecular complexity index is 3330. The van der Waals surface area contributed by atoms with E-state index in [0.717, 1.165) is 21.6 Å². The number of carbonyl (C=O) groups excluding carboxylic acids is 11. The van der Waals surface area contributed by atoms with Gasteiger partial charge in [-0.1, -0.05) is 45.9 Å². The minimum Gasteiger partial charge on any atom is -0.508 e. The Morgan fingerprint density at radius 2 is 0.896 bits per heavy atom. The maximum absolute atomic E-state index is 15.1. The van der Waals surface area contributed by atoms with E-state index in [0.29, 0.717) is 30.4 Å². The van der Waals surface area contributed by atoms with Gasteiger partial charge in [0.25, 0.3) is 0 Å². The van der Waals surface area contributed by atoms with E-state index in [-0.39, 0.29) is 183 Å². The number of rotatable bonds is 31. The van der Waals surface area contributed by atoms with Crippen molar-refractivity contribution in [2.45, 2.75) is 182 Å². The molecule has 0 radical (unpaired) electrons. The second-order valence-electron chi connectivity index (χ2n) is 25.3. The van der Waals surface area contributed by atoms with Gasteiger partial charge in [0.15, 0.2) is 17.9 Å². The van der Waals surface area contributed by atoms with Crippen LogP contribution in [0.2, 0.25) is 0 Å². The Hall–Kier alpha value is -10.1. The quantitative estimate of drug-likeness (QED) is 0.0145. The van der Waals surface area contributed by atoms with Gasteiger partial charge in [-0.15, -0.1) is 0 Å². The summed E-state index contributed by atoms with van der Waals surface area (Å²) in [5.74, 6) is -12.2. The van der Waals surface area contributed by atoms with Crippen molar-refractivity contribution < 1.29 is 72.9 Å². The zero-order valence-corrected chi connectivity index (χ0v) is 60.8. The van der Waals surface area contributed by atoms with E-state index in [1.807, 2.05) is 0 Å². The molecular weight excluding hydrogens is 1420 g/mol. The van der Waals surface area contributed by atoms with Crippen LogP contribution in [0.5, 0.6) is 11.5 Å². The summed E-state index contributed by atoms with van der Waals surface area (Å²) in [6, 6.07) is -5.89. The van der Waals surface area contributed by atoms with Crippen LogP contribution in [0.3, 0.4) is 0 Å². The van der Waals surface area contributed by atoms with Crippen LogP contribution < -0.4 is 111 Å². The lowest BCUT2D eigenvalue weighted by Gasteiger charge is -2.31. The lowest BCUT2D eigenvalue weighted by atomic mass is 10.0. The number of unbranched alkanes of at least 4 members (excludes halogenated alkanes) is 2. The van der Waals surface area contributed by atoms with Crippen LogP contribution in [0.25, 0.3) is 0 Å². The van der Waals surface area contributed by atoms with E-state index in [1.165, 1.54) is 53.4 Å². The average molecular weight is 1530 g/mol. The molecule has 0 aromatic heterocycles. The Labute approximate surface area is 621 Å². The summed E-state index contributed by atoms with van der Waals surface area (Å²) in [6.07, 6.45) is 0.505. The van der Waals surface area contributed by atoms with Gasteiger partial charge < -0.3 is 131 Å². The molecule has 2 fully saturated rings. The Morgan fingerprint density at radius 3 is 1.35 bits per heavy atom. The number of hydrogen-bond acceptors (Lipinski definition) is 22. The van der Waals surface area contributed by atoms with Crippen LogP contribution in [0.1, 0.15) is 114 Å². The summed E-state index contributed by atoms with van der Waals surface area (Å²) in [5, 5.41) is 57.0. The first-order valence-corrected chi connectivity index (χ1v) is 37.4. The van der Waals surface area contributed by atoms with Gasteiger partial charge in [-0.25, -0.2) is 9.59 Å². The predicted molar refractivity (Wildman–Crippen MR) is 399 cm³/mol. The molecule has 106 heavy (non-hydrogen) atoms. The van der Waals surface area contributed by atoms with Crippen molar-refractivity contribution in [3.8, 4) is 11.5 Å². The summed E-state index contributed by atoms with van der Waals surface area (Å²) < 4.78 is 0. The number of phenolic OH excluding ortho intramolecular Hbond substituents is 2. The van der Waals surface area contributed by atoms with E-state index in [4.69, 9.17) is 57.3 Å². The number of aliphatic carboxylic acids is 1. The third-order valence-electron chi connectivity index (χ3n) is 16.9. The fraction of sp³-hybridized carbons (Fsp3) is 0.585. The number of benzene rings is 2. The number of nitrogens with zero attached hydrogens (tertiary/aromatic N) is 4. The summed E-state index contributed by atoms with van der Waals surface area (Å²) in [5.41, 5.74) is 57.9. The number of carboxylic acids is 1. The van der Waals surface area contributed by atoms with Crippen molar-refractivity contribution in [1.82, 2.24) is 58.1 Å².